The molecule has 1 N–H and O–H groups in total. The van der Waals surface area contributed by atoms with Gasteiger partial charge in [0.1, 0.15) is 17.6 Å². The number of anilines is 2. The van der Waals surface area contributed by atoms with Crippen LogP contribution in [-0.4, -0.2) is 27.5 Å². The third-order valence-corrected chi connectivity index (χ3v) is 9.98. The number of imide groups is 1. The minimum absolute atomic E-state index is 0.261. The Balaban J connectivity index is 1.39. The largest absolute Gasteiger partial charge is 0.418 e. The van der Waals surface area contributed by atoms with E-state index in [0.717, 1.165) is 50.3 Å². The fraction of sp³-hybridized carbons (Fsp3) is 0.200. The number of carbonyl (C=O) groups excluding carboxylic acids is 3. The lowest BCUT2D eigenvalue weighted by Gasteiger charge is -2.30. The standard InChI is InChI=1S/C30H21F4N3O4S2/c1-15-6-12-18(13-7-15)37-26(39)23-22(16-8-10-17(31)11-9-16)25-28(42-24(23)27(37)40)36(29(41)43-25)14-21(38)35-20-5-3-2-4-19(20)30(32,33)34/h2-13,22-24H,14H2,1H3,(H,35,38)/t22-,23-,24+/m0/s1. The van der Waals surface area contributed by atoms with Crippen molar-refractivity contribution >= 4 is 52.2 Å². The quantitative estimate of drug-likeness (QED) is 0.223. The highest BCUT2D eigenvalue weighted by Gasteiger charge is 2.56. The number of thiazole rings is 1. The zero-order valence-corrected chi connectivity index (χ0v) is 23.9. The summed E-state index contributed by atoms with van der Waals surface area (Å²) in [5.41, 5.74) is 0.321. The molecule has 3 heterocycles. The molecule has 3 aromatic carbocycles. The van der Waals surface area contributed by atoms with Gasteiger partial charge >= 0.3 is 11.0 Å². The molecule has 1 saturated heterocycles. The molecule has 0 spiro atoms. The van der Waals surface area contributed by atoms with Gasteiger partial charge in [0.05, 0.1) is 27.9 Å². The van der Waals surface area contributed by atoms with Crippen LogP contribution in [0.15, 0.2) is 82.6 Å². The van der Waals surface area contributed by atoms with E-state index in [-0.39, 0.29) is 5.03 Å². The topological polar surface area (TPSA) is 88.5 Å². The second-order valence-corrected chi connectivity index (χ2v) is 12.3. The van der Waals surface area contributed by atoms with E-state index < -0.39 is 69.5 Å². The maximum absolute atomic E-state index is 13.9. The predicted molar refractivity (Wildman–Crippen MR) is 154 cm³/mol. The van der Waals surface area contributed by atoms with Crippen molar-refractivity contribution in [2.24, 2.45) is 5.92 Å². The van der Waals surface area contributed by atoms with E-state index in [1.807, 2.05) is 6.92 Å². The Morgan fingerprint density at radius 2 is 1.60 bits per heavy atom. The van der Waals surface area contributed by atoms with Crippen LogP contribution in [0.5, 0.6) is 0 Å². The molecule has 1 fully saturated rings. The molecule has 2 aliphatic heterocycles. The van der Waals surface area contributed by atoms with E-state index in [0.29, 0.717) is 16.1 Å². The monoisotopic (exact) mass is 627 g/mol. The van der Waals surface area contributed by atoms with Gasteiger partial charge in [0.2, 0.25) is 17.7 Å². The number of nitrogens with one attached hydrogen (secondary N) is 1. The molecule has 3 atom stereocenters. The molecular weight excluding hydrogens is 606 g/mol. The van der Waals surface area contributed by atoms with Crippen molar-refractivity contribution in [1.82, 2.24) is 4.57 Å². The molecule has 0 unspecified atom stereocenters. The van der Waals surface area contributed by atoms with Crippen molar-refractivity contribution in [3.05, 3.63) is 110 Å². The van der Waals surface area contributed by atoms with Crippen molar-refractivity contribution in [1.29, 1.82) is 0 Å². The molecule has 0 bridgehead atoms. The Labute approximate surface area is 250 Å². The van der Waals surface area contributed by atoms with Crippen LogP contribution in [0.25, 0.3) is 0 Å². The van der Waals surface area contributed by atoms with Crippen LogP contribution in [-0.2, 0) is 27.1 Å². The average molecular weight is 628 g/mol. The van der Waals surface area contributed by atoms with Gasteiger partial charge in [-0.15, -0.1) is 0 Å². The molecule has 0 saturated carbocycles. The molecule has 7 nitrogen and oxygen atoms in total. The molecule has 43 heavy (non-hydrogen) atoms. The van der Waals surface area contributed by atoms with Crippen LogP contribution in [0.3, 0.4) is 0 Å². The lowest BCUT2D eigenvalue weighted by atomic mass is 9.83. The molecule has 3 amide bonds. The van der Waals surface area contributed by atoms with Crippen LogP contribution in [0, 0.1) is 18.7 Å². The minimum Gasteiger partial charge on any atom is -0.324 e. The summed E-state index contributed by atoms with van der Waals surface area (Å²) in [5, 5.41) is 1.53. The van der Waals surface area contributed by atoms with Crippen LogP contribution >= 0.6 is 23.1 Å². The van der Waals surface area contributed by atoms with Gasteiger partial charge in [0.15, 0.2) is 0 Å². The van der Waals surface area contributed by atoms with E-state index in [9.17, 15) is 36.7 Å². The number of amides is 3. The number of carbonyl (C=O) groups is 3. The highest BCUT2D eigenvalue weighted by molar-refractivity contribution is 8.00. The lowest BCUT2D eigenvalue weighted by molar-refractivity contribution is -0.137. The number of aromatic nitrogens is 1. The van der Waals surface area contributed by atoms with Gasteiger partial charge in [0.25, 0.3) is 0 Å². The highest BCUT2D eigenvalue weighted by atomic mass is 32.2. The summed E-state index contributed by atoms with van der Waals surface area (Å²) in [7, 11) is 0. The number of halogens is 4. The smallest absolute Gasteiger partial charge is 0.324 e. The molecule has 13 heteroatoms. The molecule has 0 aliphatic carbocycles. The summed E-state index contributed by atoms with van der Waals surface area (Å²) in [5.74, 6) is -4.09. The highest BCUT2D eigenvalue weighted by Crippen LogP contribution is 2.54. The van der Waals surface area contributed by atoms with E-state index >= 15 is 0 Å². The van der Waals surface area contributed by atoms with E-state index in [2.05, 4.69) is 5.32 Å². The van der Waals surface area contributed by atoms with Crippen molar-refractivity contribution in [3.63, 3.8) is 0 Å². The number of fused-ring (bicyclic) bond motifs is 2. The number of rotatable bonds is 5. The summed E-state index contributed by atoms with van der Waals surface area (Å²) in [6.45, 7) is 1.24. The lowest BCUT2D eigenvalue weighted by Crippen LogP contribution is -2.33. The molecule has 4 aromatic rings. The molecule has 2 aliphatic rings. The number of hydrogen-bond acceptors (Lipinski definition) is 6. The third kappa shape index (κ3) is 5.16. The zero-order valence-electron chi connectivity index (χ0n) is 22.2. The minimum atomic E-state index is -4.71. The van der Waals surface area contributed by atoms with Crippen molar-refractivity contribution in [2.75, 3.05) is 10.2 Å². The Morgan fingerprint density at radius 1 is 0.930 bits per heavy atom. The van der Waals surface area contributed by atoms with Crippen LogP contribution in [0.4, 0.5) is 28.9 Å². The Kier molecular flexibility index (Phi) is 7.25. The van der Waals surface area contributed by atoms with Crippen molar-refractivity contribution in [3.8, 4) is 0 Å². The van der Waals surface area contributed by atoms with Crippen LogP contribution < -0.4 is 15.1 Å². The van der Waals surface area contributed by atoms with Crippen molar-refractivity contribution in [2.45, 2.75) is 35.8 Å². The van der Waals surface area contributed by atoms with E-state index in [1.54, 1.807) is 24.3 Å². The molecule has 0 radical (unpaired) electrons. The summed E-state index contributed by atoms with van der Waals surface area (Å²) in [6.07, 6.45) is -4.71. The number of alkyl halides is 3. The Morgan fingerprint density at radius 3 is 2.28 bits per heavy atom. The average Bonchev–Trinajstić information content (AvgIpc) is 3.40. The summed E-state index contributed by atoms with van der Waals surface area (Å²) >= 11 is 1.75. The van der Waals surface area contributed by atoms with Gasteiger partial charge in [-0.25, -0.2) is 9.29 Å². The van der Waals surface area contributed by atoms with Crippen LogP contribution in [0.1, 0.15) is 27.5 Å². The molecule has 6 rings (SSSR count). The number of aryl methyl sites for hydroxylation is 1. The van der Waals surface area contributed by atoms with Gasteiger partial charge in [-0.3, -0.25) is 23.7 Å². The zero-order chi connectivity index (χ0) is 30.6. The van der Waals surface area contributed by atoms with E-state index in [1.165, 1.54) is 36.4 Å². The predicted octanol–water partition coefficient (Wildman–Crippen LogP) is 5.81. The maximum Gasteiger partial charge on any atom is 0.418 e. The van der Waals surface area contributed by atoms with E-state index in [4.69, 9.17) is 0 Å². The molecule has 220 valence electrons. The summed E-state index contributed by atoms with van der Waals surface area (Å²) < 4.78 is 55.4. The maximum atomic E-state index is 13.9. The van der Waals surface area contributed by atoms with Gasteiger partial charge < -0.3 is 5.32 Å². The normalized spacial score (nSPS) is 19.7. The first-order valence-electron chi connectivity index (χ1n) is 13.0. The SMILES string of the molecule is Cc1ccc(N2C(=O)[C@H]3[C@H](c4ccc(F)cc4)c4sc(=O)n(CC(=O)Nc5ccccc5C(F)(F)F)c4S[C@H]3C2=O)cc1. The number of nitrogens with zero attached hydrogens (tertiary/aromatic N) is 2. The van der Waals surface area contributed by atoms with Crippen molar-refractivity contribution < 1.29 is 31.9 Å². The molecule has 1 aromatic heterocycles. The second-order valence-electron chi connectivity index (χ2n) is 10.2. The fourth-order valence-corrected chi connectivity index (χ4v) is 8.18. The Hall–Kier alpha value is -4.23. The molecular formula is C30H21F4N3O4S2. The second kappa shape index (κ2) is 10.8. The number of para-hydroxylation sites is 1. The first-order valence-corrected chi connectivity index (χ1v) is 14.7. The fourth-order valence-electron chi connectivity index (χ4n) is 5.41. The first-order chi connectivity index (χ1) is 20.4. The van der Waals surface area contributed by atoms with Gasteiger partial charge in [-0.1, -0.05) is 65.1 Å². The summed E-state index contributed by atoms with van der Waals surface area (Å²) in [4.78, 5) is 54.7. The van der Waals surface area contributed by atoms with Gasteiger partial charge in [0, 0.05) is 10.8 Å². The number of benzene rings is 3. The van der Waals surface area contributed by atoms with Crippen LogP contribution in [0.2, 0.25) is 0 Å². The number of hydrogen-bond donors (Lipinski definition) is 1. The van der Waals surface area contributed by atoms with Gasteiger partial charge in [-0.05, 0) is 48.9 Å². The number of thioether (sulfide) groups is 1. The third-order valence-electron chi connectivity index (χ3n) is 7.38. The Bertz CT molecular complexity index is 1820. The van der Waals surface area contributed by atoms with Gasteiger partial charge in [-0.2, -0.15) is 13.2 Å². The summed E-state index contributed by atoms with van der Waals surface area (Å²) in [6, 6.07) is 16.8. The first kappa shape index (κ1) is 28.9.